The maximum absolute atomic E-state index is 13.4. The fraction of sp³-hybridized carbons (Fsp3) is 0.333. The van der Waals surface area contributed by atoms with Gasteiger partial charge in [-0.15, -0.1) is 0 Å². The molecule has 0 fully saturated rings. The first-order valence-electron chi connectivity index (χ1n) is 6.46. The van der Waals surface area contributed by atoms with E-state index in [9.17, 15) is 14.0 Å². The van der Waals surface area contributed by atoms with Crippen molar-refractivity contribution < 1.29 is 23.8 Å². The maximum atomic E-state index is 13.4. The second-order valence-corrected chi connectivity index (χ2v) is 4.49. The highest BCUT2D eigenvalue weighted by Gasteiger charge is 2.18. The van der Waals surface area contributed by atoms with Crippen LogP contribution in [-0.2, 0) is 9.59 Å². The van der Waals surface area contributed by atoms with Gasteiger partial charge in [0.25, 0.3) is 5.91 Å². The van der Waals surface area contributed by atoms with Gasteiger partial charge < -0.3 is 15.2 Å². The molecule has 1 unspecified atom stereocenters. The highest BCUT2D eigenvalue weighted by molar-refractivity contribution is 5.84. The summed E-state index contributed by atoms with van der Waals surface area (Å²) < 4.78 is 18.5. The van der Waals surface area contributed by atoms with Gasteiger partial charge in [-0.1, -0.05) is 18.2 Å². The first-order valence-corrected chi connectivity index (χ1v) is 6.46. The number of ether oxygens (including phenoxy) is 1. The SMILES string of the molecule is C/C=C/CC(NC(=O)COc1cc(C)ccc1F)C(=O)O. The lowest BCUT2D eigenvalue weighted by atomic mass is 10.2. The zero-order valence-corrected chi connectivity index (χ0v) is 11.9. The molecule has 0 aliphatic heterocycles. The molecular weight excluding hydrogens is 277 g/mol. The Kier molecular flexibility index (Phi) is 6.39. The van der Waals surface area contributed by atoms with E-state index in [2.05, 4.69) is 5.32 Å². The Morgan fingerprint density at radius 3 is 2.81 bits per heavy atom. The van der Waals surface area contributed by atoms with Gasteiger partial charge in [-0.25, -0.2) is 9.18 Å². The summed E-state index contributed by atoms with van der Waals surface area (Å²) in [5.74, 6) is -2.36. The number of carbonyl (C=O) groups excluding carboxylic acids is 1. The number of nitrogens with one attached hydrogen (secondary N) is 1. The van der Waals surface area contributed by atoms with Crippen LogP contribution in [0.1, 0.15) is 18.9 Å². The van der Waals surface area contributed by atoms with E-state index in [0.717, 1.165) is 5.56 Å². The molecule has 6 heteroatoms. The van der Waals surface area contributed by atoms with Crippen molar-refractivity contribution >= 4 is 11.9 Å². The molecule has 1 rings (SSSR count). The lowest BCUT2D eigenvalue weighted by Crippen LogP contribution is -2.42. The lowest BCUT2D eigenvalue weighted by molar-refractivity contribution is -0.142. The van der Waals surface area contributed by atoms with Crippen LogP contribution in [0.4, 0.5) is 4.39 Å². The molecule has 0 aliphatic carbocycles. The topological polar surface area (TPSA) is 75.6 Å². The van der Waals surface area contributed by atoms with Gasteiger partial charge in [0.2, 0.25) is 0 Å². The molecule has 2 N–H and O–H groups in total. The van der Waals surface area contributed by atoms with Crippen LogP contribution in [0.25, 0.3) is 0 Å². The summed E-state index contributed by atoms with van der Waals surface area (Å²) in [6, 6.07) is 3.27. The van der Waals surface area contributed by atoms with Crippen LogP contribution in [0, 0.1) is 12.7 Å². The summed E-state index contributed by atoms with van der Waals surface area (Å²) >= 11 is 0. The van der Waals surface area contributed by atoms with E-state index < -0.39 is 30.3 Å². The molecule has 1 atom stereocenters. The Hall–Kier alpha value is -2.37. The zero-order chi connectivity index (χ0) is 15.8. The quantitative estimate of drug-likeness (QED) is 0.755. The molecule has 0 aliphatic rings. The average Bonchev–Trinajstić information content (AvgIpc) is 2.44. The molecule has 0 spiro atoms. The van der Waals surface area contributed by atoms with Crippen molar-refractivity contribution in [3.8, 4) is 5.75 Å². The van der Waals surface area contributed by atoms with Crippen LogP contribution in [-0.4, -0.2) is 29.6 Å². The molecule has 0 heterocycles. The number of aliphatic carboxylic acids is 1. The van der Waals surface area contributed by atoms with Crippen molar-refractivity contribution in [2.24, 2.45) is 0 Å². The second kappa shape index (κ2) is 8.04. The van der Waals surface area contributed by atoms with Gasteiger partial charge in [0.15, 0.2) is 18.2 Å². The Morgan fingerprint density at radius 2 is 2.19 bits per heavy atom. The number of benzene rings is 1. The summed E-state index contributed by atoms with van der Waals surface area (Å²) in [7, 11) is 0. The monoisotopic (exact) mass is 295 g/mol. The first-order chi connectivity index (χ1) is 9.93. The standard InChI is InChI=1S/C15H18FNO4/c1-3-4-5-12(15(19)20)17-14(18)9-21-13-8-10(2)6-7-11(13)16/h3-4,6-8,12H,5,9H2,1-2H3,(H,17,18)(H,19,20)/b4-3+. The third-order valence-electron chi connectivity index (χ3n) is 2.69. The molecule has 1 aromatic carbocycles. The highest BCUT2D eigenvalue weighted by atomic mass is 19.1. The van der Waals surface area contributed by atoms with Crippen LogP contribution in [0.3, 0.4) is 0 Å². The van der Waals surface area contributed by atoms with Crippen LogP contribution < -0.4 is 10.1 Å². The Labute approximate surface area is 122 Å². The largest absolute Gasteiger partial charge is 0.481 e. The molecule has 1 aromatic rings. The first kappa shape index (κ1) is 16.7. The van der Waals surface area contributed by atoms with Gasteiger partial charge in [0.05, 0.1) is 0 Å². The predicted octanol–water partition coefficient (Wildman–Crippen LogP) is 2.05. The number of carboxylic acids is 1. The number of halogens is 1. The summed E-state index contributed by atoms with van der Waals surface area (Å²) in [5.41, 5.74) is 0.795. The van der Waals surface area contributed by atoms with Crippen LogP contribution in [0.2, 0.25) is 0 Å². The smallest absolute Gasteiger partial charge is 0.326 e. The van der Waals surface area contributed by atoms with Crippen molar-refractivity contribution in [1.82, 2.24) is 5.32 Å². The van der Waals surface area contributed by atoms with E-state index in [1.165, 1.54) is 12.1 Å². The fourth-order valence-electron chi connectivity index (χ4n) is 1.59. The molecule has 0 saturated heterocycles. The summed E-state index contributed by atoms with van der Waals surface area (Å²) in [5, 5.41) is 11.3. The second-order valence-electron chi connectivity index (χ2n) is 4.49. The summed E-state index contributed by atoms with van der Waals surface area (Å²) in [4.78, 5) is 22.6. The summed E-state index contributed by atoms with van der Waals surface area (Å²) in [6.07, 6.45) is 3.51. The maximum Gasteiger partial charge on any atom is 0.326 e. The lowest BCUT2D eigenvalue weighted by Gasteiger charge is -2.13. The van der Waals surface area contributed by atoms with Gasteiger partial charge in [-0.3, -0.25) is 4.79 Å². The fourth-order valence-corrected chi connectivity index (χ4v) is 1.59. The van der Waals surface area contributed by atoms with E-state index >= 15 is 0 Å². The number of allylic oxidation sites excluding steroid dienone is 1. The Bertz CT molecular complexity index is 542. The molecule has 1 amide bonds. The molecule has 5 nitrogen and oxygen atoms in total. The number of carbonyl (C=O) groups is 2. The predicted molar refractivity (Wildman–Crippen MR) is 75.6 cm³/mol. The van der Waals surface area contributed by atoms with E-state index in [-0.39, 0.29) is 12.2 Å². The van der Waals surface area contributed by atoms with E-state index in [1.807, 2.05) is 0 Å². The number of carboxylic acid groups (broad SMARTS) is 1. The molecule has 0 bridgehead atoms. The third kappa shape index (κ3) is 5.64. The Morgan fingerprint density at radius 1 is 1.48 bits per heavy atom. The highest BCUT2D eigenvalue weighted by Crippen LogP contribution is 2.18. The van der Waals surface area contributed by atoms with Crippen molar-refractivity contribution in [3.63, 3.8) is 0 Å². The van der Waals surface area contributed by atoms with Crippen LogP contribution >= 0.6 is 0 Å². The number of aryl methyl sites for hydroxylation is 1. The van der Waals surface area contributed by atoms with Crippen LogP contribution in [0.15, 0.2) is 30.4 Å². The summed E-state index contributed by atoms with van der Waals surface area (Å²) in [6.45, 7) is 3.08. The zero-order valence-electron chi connectivity index (χ0n) is 11.9. The molecule has 0 radical (unpaired) electrons. The minimum absolute atomic E-state index is 0.0366. The van der Waals surface area contributed by atoms with Gasteiger partial charge in [-0.2, -0.15) is 0 Å². The van der Waals surface area contributed by atoms with Gasteiger partial charge >= 0.3 is 5.97 Å². The van der Waals surface area contributed by atoms with Gasteiger partial charge in [0, 0.05) is 0 Å². The van der Waals surface area contributed by atoms with Gasteiger partial charge in [0.1, 0.15) is 6.04 Å². The van der Waals surface area contributed by atoms with Crippen molar-refractivity contribution in [3.05, 3.63) is 41.7 Å². The molecular formula is C15H18FNO4. The third-order valence-corrected chi connectivity index (χ3v) is 2.69. The van der Waals surface area contributed by atoms with Crippen molar-refractivity contribution in [2.75, 3.05) is 6.61 Å². The molecule has 0 saturated carbocycles. The molecule has 114 valence electrons. The minimum atomic E-state index is -1.14. The van der Waals surface area contributed by atoms with Gasteiger partial charge in [-0.05, 0) is 38.0 Å². The number of hydrogen-bond acceptors (Lipinski definition) is 3. The molecule has 0 aromatic heterocycles. The van der Waals surface area contributed by atoms with E-state index in [0.29, 0.717) is 0 Å². The Balaban J connectivity index is 2.56. The van der Waals surface area contributed by atoms with E-state index in [4.69, 9.17) is 9.84 Å². The number of rotatable bonds is 7. The van der Waals surface area contributed by atoms with Crippen LogP contribution in [0.5, 0.6) is 5.75 Å². The number of hydrogen-bond donors (Lipinski definition) is 2. The van der Waals surface area contributed by atoms with E-state index in [1.54, 1.807) is 32.1 Å². The van der Waals surface area contributed by atoms with Crippen molar-refractivity contribution in [1.29, 1.82) is 0 Å². The number of amides is 1. The average molecular weight is 295 g/mol. The minimum Gasteiger partial charge on any atom is -0.481 e. The van der Waals surface area contributed by atoms with Crippen molar-refractivity contribution in [2.45, 2.75) is 26.3 Å². The normalized spacial score (nSPS) is 12.1. The molecule has 21 heavy (non-hydrogen) atoms.